The van der Waals surface area contributed by atoms with Crippen LogP contribution in [0.15, 0.2) is 24.3 Å². The number of nitrogens with two attached hydrogens (primary N) is 1. The summed E-state index contributed by atoms with van der Waals surface area (Å²) in [5.74, 6) is 0.415. The molecule has 0 aliphatic rings. The fourth-order valence-electron chi connectivity index (χ4n) is 1.51. The molecule has 1 atom stereocenters. The van der Waals surface area contributed by atoms with Crippen molar-refractivity contribution in [3.63, 3.8) is 0 Å². The Morgan fingerprint density at radius 2 is 1.81 bits per heavy atom. The van der Waals surface area contributed by atoms with Crippen molar-refractivity contribution in [1.82, 2.24) is 4.90 Å². The lowest BCUT2D eigenvalue weighted by Gasteiger charge is -2.28. The highest BCUT2D eigenvalue weighted by Crippen LogP contribution is 2.16. The Labute approximate surface area is 97.2 Å². The number of carbonyl (C=O) groups excluding carboxylic acids is 1. The summed E-state index contributed by atoms with van der Waals surface area (Å²) >= 11 is 0. The van der Waals surface area contributed by atoms with Crippen LogP contribution in [0.5, 0.6) is 0 Å². The summed E-state index contributed by atoms with van der Waals surface area (Å²) in [6.45, 7) is 6.24. The standard InChI is InChI=1S/C13H20N2O/c1-9(2)10(3)15(4)13(16)11-7-5-6-8-12(11)14/h5-10H,14H2,1-4H3. The van der Waals surface area contributed by atoms with E-state index >= 15 is 0 Å². The van der Waals surface area contributed by atoms with Gasteiger partial charge in [-0.1, -0.05) is 26.0 Å². The van der Waals surface area contributed by atoms with Gasteiger partial charge in [-0.25, -0.2) is 0 Å². The van der Waals surface area contributed by atoms with Crippen molar-refractivity contribution in [2.24, 2.45) is 5.92 Å². The number of benzene rings is 1. The molecule has 0 aliphatic heterocycles. The van der Waals surface area contributed by atoms with Crippen LogP contribution in [0.25, 0.3) is 0 Å². The average molecular weight is 220 g/mol. The lowest BCUT2D eigenvalue weighted by molar-refractivity contribution is 0.0708. The Bertz CT molecular complexity index is 374. The molecule has 0 radical (unpaired) electrons. The molecule has 16 heavy (non-hydrogen) atoms. The topological polar surface area (TPSA) is 46.3 Å². The van der Waals surface area contributed by atoms with Crippen LogP contribution >= 0.6 is 0 Å². The maximum absolute atomic E-state index is 12.2. The molecule has 3 heteroatoms. The predicted molar refractivity (Wildman–Crippen MR) is 67.2 cm³/mol. The first kappa shape index (κ1) is 12.6. The van der Waals surface area contributed by atoms with Gasteiger partial charge in [-0.2, -0.15) is 0 Å². The molecule has 1 unspecified atom stereocenters. The summed E-state index contributed by atoms with van der Waals surface area (Å²) in [4.78, 5) is 13.9. The van der Waals surface area contributed by atoms with Gasteiger partial charge >= 0.3 is 0 Å². The molecule has 0 spiro atoms. The zero-order chi connectivity index (χ0) is 12.3. The van der Waals surface area contributed by atoms with Gasteiger partial charge in [-0.05, 0) is 25.0 Å². The first-order valence-electron chi connectivity index (χ1n) is 5.56. The van der Waals surface area contributed by atoms with Gasteiger partial charge in [0.25, 0.3) is 5.91 Å². The molecule has 0 heterocycles. The van der Waals surface area contributed by atoms with Crippen molar-refractivity contribution >= 4 is 11.6 Å². The zero-order valence-electron chi connectivity index (χ0n) is 10.4. The van der Waals surface area contributed by atoms with E-state index in [-0.39, 0.29) is 11.9 Å². The number of hydrogen-bond acceptors (Lipinski definition) is 2. The molecule has 3 nitrogen and oxygen atoms in total. The number of nitrogen functional groups attached to an aromatic ring is 1. The molecular weight excluding hydrogens is 200 g/mol. The van der Waals surface area contributed by atoms with E-state index in [0.717, 1.165) is 0 Å². The minimum Gasteiger partial charge on any atom is -0.398 e. The lowest BCUT2D eigenvalue weighted by Crippen LogP contribution is -2.38. The first-order valence-corrected chi connectivity index (χ1v) is 5.56. The molecule has 0 aliphatic carbocycles. The average Bonchev–Trinajstić information content (AvgIpc) is 2.26. The van der Waals surface area contributed by atoms with Crippen LogP contribution in [-0.2, 0) is 0 Å². The Kier molecular flexibility index (Phi) is 3.93. The second-order valence-electron chi connectivity index (χ2n) is 4.49. The summed E-state index contributed by atoms with van der Waals surface area (Å²) in [6.07, 6.45) is 0. The number of hydrogen-bond donors (Lipinski definition) is 1. The Balaban J connectivity index is 2.91. The van der Waals surface area contributed by atoms with E-state index in [4.69, 9.17) is 5.73 Å². The van der Waals surface area contributed by atoms with Gasteiger partial charge in [0.05, 0.1) is 5.56 Å². The molecule has 0 aromatic heterocycles. The van der Waals surface area contributed by atoms with Crippen LogP contribution in [0.4, 0.5) is 5.69 Å². The minimum absolute atomic E-state index is 0.0145. The monoisotopic (exact) mass is 220 g/mol. The minimum atomic E-state index is -0.0145. The summed E-state index contributed by atoms with van der Waals surface area (Å²) in [5.41, 5.74) is 6.91. The van der Waals surface area contributed by atoms with Gasteiger partial charge in [0.2, 0.25) is 0 Å². The van der Waals surface area contributed by atoms with Crippen LogP contribution < -0.4 is 5.73 Å². The molecule has 0 fully saturated rings. The van der Waals surface area contributed by atoms with E-state index in [1.165, 1.54) is 0 Å². The number of para-hydroxylation sites is 1. The molecule has 1 amide bonds. The summed E-state index contributed by atoms with van der Waals surface area (Å²) in [5, 5.41) is 0. The van der Waals surface area contributed by atoms with E-state index in [0.29, 0.717) is 17.2 Å². The molecule has 0 saturated carbocycles. The van der Waals surface area contributed by atoms with Crippen LogP contribution in [0.3, 0.4) is 0 Å². The third kappa shape index (κ3) is 2.54. The molecule has 0 bridgehead atoms. The van der Waals surface area contributed by atoms with Gasteiger partial charge in [-0.15, -0.1) is 0 Å². The van der Waals surface area contributed by atoms with E-state index in [2.05, 4.69) is 13.8 Å². The van der Waals surface area contributed by atoms with Gasteiger partial charge < -0.3 is 10.6 Å². The number of nitrogens with zero attached hydrogens (tertiary/aromatic N) is 1. The predicted octanol–water partition coefficient (Wildman–Crippen LogP) is 2.39. The van der Waals surface area contributed by atoms with Crippen molar-refractivity contribution in [2.45, 2.75) is 26.8 Å². The second-order valence-corrected chi connectivity index (χ2v) is 4.49. The maximum Gasteiger partial charge on any atom is 0.255 e. The number of anilines is 1. The normalized spacial score (nSPS) is 12.6. The van der Waals surface area contributed by atoms with Gasteiger partial charge in [-0.3, -0.25) is 4.79 Å². The molecule has 1 aromatic carbocycles. The quantitative estimate of drug-likeness (QED) is 0.795. The molecule has 2 N–H and O–H groups in total. The molecular formula is C13H20N2O. The highest BCUT2D eigenvalue weighted by Gasteiger charge is 2.20. The summed E-state index contributed by atoms with van der Waals surface area (Å²) < 4.78 is 0. The van der Waals surface area contributed by atoms with Gasteiger partial charge in [0.15, 0.2) is 0 Å². The van der Waals surface area contributed by atoms with E-state index in [1.54, 1.807) is 17.0 Å². The summed E-state index contributed by atoms with van der Waals surface area (Å²) in [6, 6.07) is 7.38. The van der Waals surface area contributed by atoms with Crippen molar-refractivity contribution in [1.29, 1.82) is 0 Å². The molecule has 1 aromatic rings. The van der Waals surface area contributed by atoms with Crippen molar-refractivity contribution in [3.8, 4) is 0 Å². The third-order valence-electron chi connectivity index (χ3n) is 3.09. The highest BCUT2D eigenvalue weighted by atomic mass is 16.2. The fourth-order valence-corrected chi connectivity index (χ4v) is 1.51. The second kappa shape index (κ2) is 5.01. The Hall–Kier alpha value is -1.51. The maximum atomic E-state index is 12.2. The fraction of sp³-hybridized carbons (Fsp3) is 0.462. The lowest BCUT2D eigenvalue weighted by atomic mass is 10.0. The third-order valence-corrected chi connectivity index (χ3v) is 3.09. The van der Waals surface area contributed by atoms with E-state index < -0.39 is 0 Å². The number of carbonyl (C=O) groups is 1. The highest BCUT2D eigenvalue weighted by molar-refractivity contribution is 5.99. The largest absolute Gasteiger partial charge is 0.398 e. The van der Waals surface area contributed by atoms with Crippen molar-refractivity contribution in [3.05, 3.63) is 29.8 Å². The van der Waals surface area contributed by atoms with Crippen molar-refractivity contribution < 1.29 is 4.79 Å². The van der Waals surface area contributed by atoms with Gasteiger partial charge in [0, 0.05) is 18.8 Å². The molecule has 88 valence electrons. The number of amides is 1. The molecule has 0 saturated heterocycles. The molecule has 1 rings (SSSR count). The SMILES string of the molecule is CC(C)C(C)N(C)C(=O)c1ccccc1N. The van der Waals surface area contributed by atoms with Gasteiger partial charge in [0.1, 0.15) is 0 Å². The van der Waals surface area contributed by atoms with Crippen LogP contribution in [-0.4, -0.2) is 23.9 Å². The Morgan fingerprint density at radius 1 is 1.25 bits per heavy atom. The van der Waals surface area contributed by atoms with Crippen molar-refractivity contribution in [2.75, 3.05) is 12.8 Å². The summed E-state index contributed by atoms with van der Waals surface area (Å²) in [7, 11) is 1.82. The van der Waals surface area contributed by atoms with Crippen LogP contribution in [0, 0.1) is 5.92 Å². The number of rotatable bonds is 3. The zero-order valence-corrected chi connectivity index (χ0v) is 10.4. The Morgan fingerprint density at radius 3 is 2.31 bits per heavy atom. The van der Waals surface area contributed by atoms with E-state index in [1.807, 2.05) is 26.1 Å². The van der Waals surface area contributed by atoms with Crippen LogP contribution in [0.2, 0.25) is 0 Å². The van der Waals surface area contributed by atoms with Crippen LogP contribution in [0.1, 0.15) is 31.1 Å². The smallest absolute Gasteiger partial charge is 0.255 e. The first-order chi connectivity index (χ1) is 7.45. The van der Waals surface area contributed by atoms with E-state index in [9.17, 15) is 4.79 Å².